The molecule has 0 saturated heterocycles. The van der Waals surface area contributed by atoms with E-state index in [-0.39, 0.29) is 5.82 Å². The van der Waals surface area contributed by atoms with Gasteiger partial charge in [-0.25, -0.2) is 4.39 Å². The van der Waals surface area contributed by atoms with Crippen molar-refractivity contribution in [1.82, 2.24) is 0 Å². The summed E-state index contributed by atoms with van der Waals surface area (Å²) in [6, 6.07) is 18.9. The molecule has 0 spiro atoms. The van der Waals surface area contributed by atoms with Gasteiger partial charge >= 0.3 is 0 Å². The molecule has 1 heterocycles. The fraction of sp³-hybridized carbons (Fsp3) is 0. The molecule has 0 aliphatic rings. The Kier molecular flexibility index (Phi) is 2.95. The van der Waals surface area contributed by atoms with Crippen molar-refractivity contribution in [2.24, 2.45) is 0 Å². The molecule has 0 nitrogen and oxygen atoms in total. The first-order chi connectivity index (χ1) is 10.2. The van der Waals surface area contributed by atoms with Crippen molar-refractivity contribution < 1.29 is 4.39 Å². The molecule has 0 aliphatic carbocycles. The third-order valence-electron chi connectivity index (χ3n) is 3.63. The topological polar surface area (TPSA) is 0 Å². The highest BCUT2D eigenvalue weighted by atomic mass is 35.5. The van der Waals surface area contributed by atoms with Gasteiger partial charge in [0.1, 0.15) is 5.82 Å². The molecular formula is C18H10ClFS. The molecular weight excluding hydrogens is 303 g/mol. The smallest absolute Gasteiger partial charge is 0.132 e. The summed E-state index contributed by atoms with van der Waals surface area (Å²) < 4.78 is 16.6. The molecule has 1 aromatic heterocycles. The Balaban J connectivity index is 2.12. The molecule has 0 atom stereocenters. The molecule has 0 N–H and O–H groups in total. The molecule has 0 unspecified atom stereocenters. The van der Waals surface area contributed by atoms with E-state index in [0.29, 0.717) is 10.6 Å². The van der Waals surface area contributed by atoms with Crippen LogP contribution >= 0.6 is 22.9 Å². The van der Waals surface area contributed by atoms with Crippen LogP contribution in [-0.4, -0.2) is 0 Å². The molecule has 3 heteroatoms. The second-order valence-corrected chi connectivity index (χ2v) is 6.39. The van der Waals surface area contributed by atoms with E-state index in [1.807, 2.05) is 30.3 Å². The third kappa shape index (κ3) is 2.03. The summed E-state index contributed by atoms with van der Waals surface area (Å²) in [5.74, 6) is -0.198. The minimum atomic E-state index is -0.198. The second-order valence-electron chi connectivity index (χ2n) is 4.90. The second kappa shape index (κ2) is 4.83. The molecule has 0 bridgehead atoms. The van der Waals surface area contributed by atoms with Crippen LogP contribution in [0.15, 0.2) is 60.7 Å². The lowest BCUT2D eigenvalue weighted by Gasteiger charge is -2.05. The SMILES string of the molecule is Fc1ccc2c(sc3ccccc32)c1-c1ccc(Cl)cc1. The summed E-state index contributed by atoms with van der Waals surface area (Å²) in [6.07, 6.45) is 0. The normalized spacial score (nSPS) is 11.3. The molecule has 0 aliphatic heterocycles. The number of hydrogen-bond acceptors (Lipinski definition) is 1. The van der Waals surface area contributed by atoms with Gasteiger partial charge in [0.2, 0.25) is 0 Å². The van der Waals surface area contributed by atoms with E-state index in [1.165, 1.54) is 10.1 Å². The zero-order chi connectivity index (χ0) is 14.4. The van der Waals surface area contributed by atoms with Crippen LogP contribution in [0.1, 0.15) is 0 Å². The predicted molar refractivity (Wildman–Crippen MR) is 89.7 cm³/mol. The lowest BCUT2D eigenvalue weighted by Crippen LogP contribution is -1.84. The molecule has 4 aromatic rings. The van der Waals surface area contributed by atoms with Crippen LogP contribution in [0, 0.1) is 5.82 Å². The molecule has 0 radical (unpaired) electrons. The summed E-state index contributed by atoms with van der Waals surface area (Å²) in [5, 5.41) is 2.93. The van der Waals surface area contributed by atoms with Crippen molar-refractivity contribution in [3.8, 4) is 11.1 Å². The summed E-state index contributed by atoms with van der Waals surface area (Å²) in [6.45, 7) is 0. The maximum Gasteiger partial charge on any atom is 0.132 e. The number of hydrogen-bond donors (Lipinski definition) is 0. The minimum Gasteiger partial charge on any atom is -0.206 e. The van der Waals surface area contributed by atoms with Crippen molar-refractivity contribution in [2.75, 3.05) is 0 Å². The first-order valence-corrected chi connectivity index (χ1v) is 7.79. The zero-order valence-electron chi connectivity index (χ0n) is 10.9. The quantitative estimate of drug-likeness (QED) is 0.375. The Morgan fingerprint density at radius 3 is 2.38 bits per heavy atom. The predicted octanol–water partition coefficient (Wildman–Crippen LogP) is 6.51. The average Bonchev–Trinajstić information content (AvgIpc) is 2.87. The Hall–Kier alpha value is -1.90. The molecule has 0 fully saturated rings. The summed E-state index contributed by atoms with van der Waals surface area (Å²) >= 11 is 7.56. The zero-order valence-corrected chi connectivity index (χ0v) is 12.5. The third-order valence-corrected chi connectivity index (χ3v) is 5.09. The maximum atomic E-state index is 14.4. The van der Waals surface area contributed by atoms with E-state index in [0.717, 1.165) is 15.6 Å². The highest BCUT2D eigenvalue weighted by molar-refractivity contribution is 7.26. The summed E-state index contributed by atoms with van der Waals surface area (Å²) in [5.41, 5.74) is 1.51. The number of rotatable bonds is 1. The van der Waals surface area contributed by atoms with Gasteiger partial charge in [-0.05, 0) is 35.9 Å². The molecule has 4 rings (SSSR count). The number of thiophene rings is 1. The van der Waals surface area contributed by atoms with Crippen LogP contribution in [0.5, 0.6) is 0 Å². The average molecular weight is 313 g/mol. The molecule has 102 valence electrons. The van der Waals surface area contributed by atoms with Crippen molar-refractivity contribution in [3.63, 3.8) is 0 Å². The van der Waals surface area contributed by atoms with Crippen LogP contribution in [0.4, 0.5) is 4.39 Å². The van der Waals surface area contributed by atoms with Crippen LogP contribution in [-0.2, 0) is 0 Å². The highest BCUT2D eigenvalue weighted by Crippen LogP contribution is 2.41. The lowest BCUT2D eigenvalue weighted by molar-refractivity contribution is 0.633. The number of fused-ring (bicyclic) bond motifs is 3. The van der Waals surface area contributed by atoms with E-state index in [2.05, 4.69) is 12.1 Å². The largest absolute Gasteiger partial charge is 0.206 e. The van der Waals surface area contributed by atoms with E-state index in [4.69, 9.17) is 11.6 Å². The molecule has 21 heavy (non-hydrogen) atoms. The first kappa shape index (κ1) is 12.8. The van der Waals surface area contributed by atoms with Crippen LogP contribution in [0.25, 0.3) is 31.3 Å². The Labute approximate surface area is 130 Å². The van der Waals surface area contributed by atoms with Gasteiger partial charge in [0.25, 0.3) is 0 Å². The fourth-order valence-corrected chi connectivity index (χ4v) is 4.04. The van der Waals surface area contributed by atoms with E-state index in [9.17, 15) is 4.39 Å². The minimum absolute atomic E-state index is 0.198. The van der Waals surface area contributed by atoms with Gasteiger partial charge in [0.15, 0.2) is 0 Å². The van der Waals surface area contributed by atoms with Gasteiger partial charge < -0.3 is 0 Å². The van der Waals surface area contributed by atoms with Gasteiger partial charge in [-0.15, -0.1) is 11.3 Å². The van der Waals surface area contributed by atoms with Crippen LogP contribution < -0.4 is 0 Å². The lowest BCUT2D eigenvalue weighted by atomic mass is 10.0. The maximum absolute atomic E-state index is 14.4. The Morgan fingerprint density at radius 2 is 1.57 bits per heavy atom. The van der Waals surface area contributed by atoms with E-state index >= 15 is 0 Å². The van der Waals surface area contributed by atoms with Gasteiger partial charge in [-0.2, -0.15) is 0 Å². The number of benzene rings is 3. The van der Waals surface area contributed by atoms with Crippen molar-refractivity contribution in [1.29, 1.82) is 0 Å². The van der Waals surface area contributed by atoms with Gasteiger partial charge in [0, 0.05) is 30.8 Å². The van der Waals surface area contributed by atoms with Crippen LogP contribution in [0.3, 0.4) is 0 Å². The summed E-state index contributed by atoms with van der Waals surface area (Å²) in [7, 11) is 0. The summed E-state index contributed by atoms with van der Waals surface area (Å²) in [4.78, 5) is 0. The Bertz CT molecular complexity index is 954. The van der Waals surface area contributed by atoms with Crippen molar-refractivity contribution >= 4 is 43.1 Å². The monoisotopic (exact) mass is 312 g/mol. The van der Waals surface area contributed by atoms with Gasteiger partial charge in [0.05, 0.1) is 0 Å². The van der Waals surface area contributed by atoms with Gasteiger partial charge in [-0.3, -0.25) is 0 Å². The Morgan fingerprint density at radius 1 is 0.810 bits per heavy atom. The highest BCUT2D eigenvalue weighted by Gasteiger charge is 2.14. The fourth-order valence-electron chi connectivity index (χ4n) is 2.65. The molecule has 3 aromatic carbocycles. The van der Waals surface area contributed by atoms with E-state index < -0.39 is 0 Å². The standard InChI is InChI=1S/C18H10ClFS/c19-12-7-5-11(6-8-12)17-15(20)10-9-14-13-3-1-2-4-16(13)21-18(14)17/h1-10H. The molecule has 0 amide bonds. The van der Waals surface area contributed by atoms with E-state index in [1.54, 1.807) is 29.5 Å². The van der Waals surface area contributed by atoms with Crippen molar-refractivity contribution in [2.45, 2.75) is 0 Å². The van der Waals surface area contributed by atoms with Crippen molar-refractivity contribution in [3.05, 3.63) is 71.5 Å². The number of halogens is 2. The molecule has 0 saturated carbocycles. The first-order valence-electron chi connectivity index (χ1n) is 6.60. The van der Waals surface area contributed by atoms with Crippen LogP contribution in [0.2, 0.25) is 5.02 Å². The van der Waals surface area contributed by atoms with Gasteiger partial charge in [-0.1, -0.05) is 41.9 Å².